The Bertz CT molecular complexity index is 541. The van der Waals surface area contributed by atoms with E-state index in [-0.39, 0.29) is 18.5 Å². The van der Waals surface area contributed by atoms with Crippen molar-refractivity contribution in [1.29, 1.82) is 0 Å². The molecule has 2 rings (SSSR count). The van der Waals surface area contributed by atoms with Gasteiger partial charge in [0.15, 0.2) is 0 Å². The minimum atomic E-state index is -0.209. The molecule has 0 amide bonds. The van der Waals surface area contributed by atoms with Crippen molar-refractivity contribution in [1.82, 2.24) is 20.3 Å². The SMILES string of the molecule is CC(Cc1ccc(F)cc1)NCc1cn(CCCO)nn1. The summed E-state index contributed by atoms with van der Waals surface area (Å²) in [4.78, 5) is 0. The Balaban J connectivity index is 1.76. The zero-order valence-corrected chi connectivity index (χ0v) is 12.2. The first-order valence-corrected chi connectivity index (χ1v) is 7.15. The molecule has 1 aromatic carbocycles. The zero-order chi connectivity index (χ0) is 15.1. The van der Waals surface area contributed by atoms with E-state index in [0.29, 0.717) is 19.5 Å². The van der Waals surface area contributed by atoms with Crippen molar-refractivity contribution in [2.75, 3.05) is 6.61 Å². The highest BCUT2D eigenvalue weighted by atomic mass is 19.1. The number of aromatic nitrogens is 3. The van der Waals surface area contributed by atoms with E-state index in [9.17, 15) is 4.39 Å². The number of halogens is 1. The van der Waals surface area contributed by atoms with Gasteiger partial charge in [-0.2, -0.15) is 0 Å². The number of nitrogens with one attached hydrogen (secondary N) is 1. The maximum absolute atomic E-state index is 12.8. The Morgan fingerprint density at radius 3 is 2.81 bits per heavy atom. The van der Waals surface area contributed by atoms with Crippen LogP contribution in [0, 0.1) is 5.82 Å². The first-order valence-electron chi connectivity index (χ1n) is 7.15. The number of hydrogen-bond acceptors (Lipinski definition) is 4. The second-order valence-electron chi connectivity index (χ2n) is 5.16. The Morgan fingerprint density at radius 2 is 2.10 bits per heavy atom. The minimum absolute atomic E-state index is 0.155. The number of benzene rings is 1. The van der Waals surface area contributed by atoms with Gasteiger partial charge >= 0.3 is 0 Å². The predicted molar refractivity (Wildman–Crippen MR) is 78.1 cm³/mol. The van der Waals surface area contributed by atoms with Gasteiger partial charge in [-0.3, -0.25) is 4.68 Å². The van der Waals surface area contributed by atoms with Gasteiger partial charge in [0.2, 0.25) is 0 Å². The molecule has 0 bridgehead atoms. The topological polar surface area (TPSA) is 63.0 Å². The van der Waals surface area contributed by atoms with Crippen molar-refractivity contribution in [2.24, 2.45) is 0 Å². The van der Waals surface area contributed by atoms with Crippen LogP contribution in [0.25, 0.3) is 0 Å². The second kappa shape index (κ2) is 7.85. The number of aliphatic hydroxyl groups is 1. The third-order valence-corrected chi connectivity index (χ3v) is 3.22. The largest absolute Gasteiger partial charge is 0.396 e. The van der Waals surface area contributed by atoms with Crippen molar-refractivity contribution in [3.8, 4) is 0 Å². The second-order valence-corrected chi connectivity index (χ2v) is 5.16. The van der Waals surface area contributed by atoms with Crippen molar-refractivity contribution in [3.63, 3.8) is 0 Å². The lowest BCUT2D eigenvalue weighted by Gasteiger charge is -2.12. The first kappa shape index (κ1) is 15.6. The van der Waals surface area contributed by atoms with Gasteiger partial charge in [-0.05, 0) is 37.5 Å². The van der Waals surface area contributed by atoms with Crippen molar-refractivity contribution in [2.45, 2.75) is 38.9 Å². The van der Waals surface area contributed by atoms with Crippen LogP contribution in [-0.4, -0.2) is 32.7 Å². The molecule has 0 aliphatic carbocycles. The lowest BCUT2D eigenvalue weighted by atomic mass is 10.1. The van der Waals surface area contributed by atoms with Crippen LogP contribution in [0.5, 0.6) is 0 Å². The van der Waals surface area contributed by atoms with Crippen molar-refractivity contribution >= 4 is 0 Å². The third-order valence-electron chi connectivity index (χ3n) is 3.22. The molecule has 6 heteroatoms. The fraction of sp³-hybridized carbons (Fsp3) is 0.467. The van der Waals surface area contributed by atoms with Gasteiger partial charge in [0.05, 0.1) is 5.69 Å². The van der Waals surface area contributed by atoms with E-state index in [1.807, 2.05) is 6.20 Å². The molecule has 1 atom stereocenters. The Morgan fingerprint density at radius 1 is 1.33 bits per heavy atom. The molecule has 2 N–H and O–H groups in total. The molecule has 2 aromatic rings. The molecule has 0 saturated heterocycles. The third kappa shape index (κ3) is 5.24. The van der Waals surface area contributed by atoms with Crippen LogP contribution in [0.15, 0.2) is 30.5 Å². The summed E-state index contributed by atoms with van der Waals surface area (Å²) in [6.45, 7) is 3.55. The molecule has 0 aliphatic rings. The highest BCUT2D eigenvalue weighted by molar-refractivity contribution is 5.17. The predicted octanol–water partition coefficient (Wildman–Crippen LogP) is 1.52. The smallest absolute Gasteiger partial charge is 0.123 e. The molecule has 0 radical (unpaired) electrons. The Labute approximate surface area is 123 Å². The van der Waals surface area contributed by atoms with E-state index in [2.05, 4.69) is 22.6 Å². The summed E-state index contributed by atoms with van der Waals surface area (Å²) in [5.74, 6) is -0.209. The molecule has 114 valence electrons. The van der Waals surface area contributed by atoms with Crippen molar-refractivity contribution in [3.05, 3.63) is 47.5 Å². The van der Waals surface area contributed by atoms with Crippen LogP contribution < -0.4 is 5.32 Å². The zero-order valence-electron chi connectivity index (χ0n) is 12.2. The average molecular weight is 292 g/mol. The van der Waals surface area contributed by atoms with Crippen LogP contribution >= 0.6 is 0 Å². The van der Waals surface area contributed by atoms with Crippen LogP contribution in [0.4, 0.5) is 4.39 Å². The highest BCUT2D eigenvalue weighted by Crippen LogP contribution is 2.06. The summed E-state index contributed by atoms with van der Waals surface area (Å²) >= 11 is 0. The summed E-state index contributed by atoms with van der Waals surface area (Å²) < 4.78 is 14.6. The molecular weight excluding hydrogens is 271 g/mol. The highest BCUT2D eigenvalue weighted by Gasteiger charge is 2.06. The summed E-state index contributed by atoms with van der Waals surface area (Å²) in [6.07, 6.45) is 3.39. The van der Waals surface area contributed by atoms with E-state index < -0.39 is 0 Å². The maximum atomic E-state index is 12.8. The number of aryl methyl sites for hydroxylation is 1. The number of nitrogens with zero attached hydrogens (tertiary/aromatic N) is 3. The van der Waals surface area contributed by atoms with Crippen molar-refractivity contribution < 1.29 is 9.50 Å². The van der Waals surface area contributed by atoms with E-state index >= 15 is 0 Å². The maximum Gasteiger partial charge on any atom is 0.123 e. The summed E-state index contributed by atoms with van der Waals surface area (Å²) in [5, 5.41) is 20.2. The standard InChI is InChI=1S/C15H21FN4O/c1-12(9-13-3-5-14(16)6-4-13)17-10-15-11-20(19-18-15)7-2-8-21/h3-6,11-12,17,21H,2,7-10H2,1H3. The number of hydrogen-bond donors (Lipinski definition) is 2. The number of aliphatic hydroxyl groups excluding tert-OH is 1. The monoisotopic (exact) mass is 292 g/mol. The normalized spacial score (nSPS) is 12.5. The van der Waals surface area contributed by atoms with Crippen LogP contribution in [0.2, 0.25) is 0 Å². The fourth-order valence-electron chi connectivity index (χ4n) is 2.09. The van der Waals surface area contributed by atoms with Crippen LogP contribution in [-0.2, 0) is 19.5 Å². The first-order chi connectivity index (χ1) is 10.2. The summed E-state index contributed by atoms with van der Waals surface area (Å²) in [6, 6.07) is 6.83. The van der Waals surface area contributed by atoms with Gasteiger partial charge in [0.25, 0.3) is 0 Å². The van der Waals surface area contributed by atoms with Gasteiger partial charge < -0.3 is 10.4 Å². The fourth-order valence-corrected chi connectivity index (χ4v) is 2.09. The molecular formula is C15H21FN4O. The Hall–Kier alpha value is -1.79. The van der Waals surface area contributed by atoms with E-state index in [1.54, 1.807) is 16.8 Å². The van der Waals surface area contributed by atoms with E-state index in [1.165, 1.54) is 12.1 Å². The molecule has 0 spiro atoms. The quantitative estimate of drug-likeness (QED) is 0.774. The lowest BCUT2D eigenvalue weighted by molar-refractivity contribution is 0.276. The molecule has 0 saturated carbocycles. The van der Waals surface area contributed by atoms with Crippen LogP contribution in [0.1, 0.15) is 24.6 Å². The summed E-state index contributed by atoms with van der Waals surface area (Å²) in [7, 11) is 0. The molecule has 5 nitrogen and oxygen atoms in total. The van der Waals surface area contributed by atoms with E-state index in [0.717, 1.165) is 17.7 Å². The minimum Gasteiger partial charge on any atom is -0.396 e. The molecule has 0 fully saturated rings. The lowest BCUT2D eigenvalue weighted by Crippen LogP contribution is -2.27. The molecule has 1 unspecified atom stereocenters. The number of rotatable bonds is 8. The molecule has 1 heterocycles. The van der Waals surface area contributed by atoms with Crippen LogP contribution in [0.3, 0.4) is 0 Å². The molecule has 1 aromatic heterocycles. The van der Waals surface area contributed by atoms with Gasteiger partial charge in [0.1, 0.15) is 5.82 Å². The van der Waals surface area contributed by atoms with Gasteiger partial charge in [0, 0.05) is 31.9 Å². The summed E-state index contributed by atoms with van der Waals surface area (Å²) in [5.41, 5.74) is 1.97. The molecule has 0 aliphatic heterocycles. The van der Waals surface area contributed by atoms with Gasteiger partial charge in [-0.1, -0.05) is 17.3 Å². The molecule has 21 heavy (non-hydrogen) atoms. The van der Waals surface area contributed by atoms with E-state index in [4.69, 9.17) is 5.11 Å². The van der Waals surface area contributed by atoms with Gasteiger partial charge in [-0.25, -0.2) is 4.39 Å². The average Bonchev–Trinajstić information content (AvgIpc) is 2.93. The Kier molecular flexibility index (Phi) is 5.83. The van der Waals surface area contributed by atoms with Gasteiger partial charge in [-0.15, -0.1) is 5.10 Å².